The van der Waals surface area contributed by atoms with E-state index in [0.29, 0.717) is 0 Å². The molecule has 1 aliphatic heterocycles. The first-order valence-electron chi connectivity index (χ1n) is 8.70. The second-order valence-corrected chi connectivity index (χ2v) is 6.44. The van der Waals surface area contributed by atoms with Gasteiger partial charge >= 0.3 is 0 Å². The topological polar surface area (TPSA) is 37.5 Å². The Hall–Kier alpha value is -2.29. The monoisotopic (exact) mass is 322 g/mol. The molecule has 1 aromatic carbocycles. The summed E-state index contributed by atoms with van der Waals surface area (Å²) in [5.74, 6) is 0.948. The number of hydrogen-bond acceptors (Lipinski definition) is 3. The van der Waals surface area contributed by atoms with E-state index < -0.39 is 0 Å². The molecule has 0 aromatic heterocycles. The van der Waals surface area contributed by atoms with Crippen molar-refractivity contribution in [3.8, 4) is 11.3 Å². The number of aryl methyl sites for hydroxylation is 3. The van der Waals surface area contributed by atoms with Gasteiger partial charge in [-0.2, -0.15) is 0 Å². The van der Waals surface area contributed by atoms with Crippen LogP contribution in [0.25, 0.3) is 22.3 Å². The number of hydrogen-bond donors (Lipinski definition) is 1. The van der Waals surface area contributed by atoms with Gasteiger partial charge in [-0.05, 0) is 70.4 Å². The van der Waals surface area contributed by atoms with Crippen molar-refractivity contribution in [1.82, 2.24) is 0 Å². The van der Waals surface area contributed by atoms with Crippen LogP contribution in [0.3, 0.4) is 0 Å². The molecule has 0 amide bonds. The minimum atomic E-state index is 0.781. The van der Waals surface area contributed by atoms with Crippen LogP contribution in [0.1, 0.15) is 36.1 Å². The van der Waals surface area contributed by atoms with Crippen LogP contribution in [0, 0.1) is 27.7 Å². The molecule has 3 rings (SSSR count). The van der Waals surface area contributed by atoms with E-state index in [4.69, 9.17) is 4.42 Å². The molecule has 0 saturated heterocycles. The van der Waals surface area contributed by atoms with E-state index in [1.807, 2.05) is 0 Å². The maximum absolute atomic E-state index is 6.34. The molecular weight excluding hydrogens is 296 g/mol. The highest BCUT2D eigenvalue weighted by Crippen LogP contribution is 2.36. The third-order valence-electron chi connectivity index (χ3n) is 4.70. The van der Waals surface area contributed by atoms with Crippen LogP contribution in [-0.2, 0) is 0 Å². The van der Waals surface area contributed by atoms with E-state index in [0.717, 1.165) is 41.0 Å². The number of anilines is 1. The molecule has 0 saturated carbocycles. The van der Waals surface area contributed by atoms with Gasteiger partial charge in [-0.25, -0.2) is 0 Å². The van der Waals surface area contributed by atoms with E-state index in [-0.39, 0.29) is 0 Å². The quantitative estimate of drug-likeness (QED) is 0.679. The zero-order valence-corrected chi connectivity index (χ0v) is 15.5. The average Bonchev–Trinajstić information content (AvgIpc) is 2.55. The first kappa shape index (κ1) is 16.6. The molecule has 1 aliphatic carbocycles. The Labute approximate surface area is 143 Å². The Morgan fingerprint density at radius 3 is 2.38 bits per heavy atom. The van der Waals surface area contributed by atoms with Crippen LogP contribution in [-0.4, -0.2) is 13.1 Å². The van der Waals surface area contributed by atoms with Gasteiger partial charge in [0.2, 0.25) is 0 Å². The lowest BCUT2D eigenvalue weighted by Crippen LogP contribution is -2.14. The van der Waals surface area contributed by atoms with Gasteiger partial charge < -0.3 is 9.73 Å². The number of nitrogens with one attached hydrogen (secondary N) is 1. The van der Waals surface area contributed by atoms with Gasteiger partial charge in [0.15, 0.2) is 0 Å². The highest BCUT2D eigenvalue weighted by atomic mass is 16.3. The number of benzene rings is 2. The molecule has 0 unspecified atom stereocenters. The van der Waals surface area contributed by atoms with Crippen molar-refractivity contribution in [3.05, 3.63) is 45.8 Å². The lowest BCUT2D eigenvalue weighted by molar-refractivity contribution is 0.612. The van der Waals surface area contributed by atoms with Gasteiger partial charge in [-0.15, -0.1) is 0 Å². The van der Waals surface area contributed by atoms with Crippen molar-refractivity contribution in [2.75, 3.05) is 18.4 Å². The fourth-order valence-corrected chi connectivity index (χ4v) is 3.47. The second-order valence-electron chi connectivity index (χ2n) is 6.44. The molecule has 1 heterocycles. The minimum absolute atomic E-state index is 0.781. The third-order valence-corrected chi connectivity index (χ3v) is 4.70. The summed E-state index contributed by atoms with van der Waals surface area (Å²) in [6.45, 7) is 14.4. The number of fused-ring (bicyclic) bond motifs is 2. The zero-order valence-electron chi connectivity index (χ0n) is 15.5. The molecule has 0 atom stereocenters. The summed E-state index contributed by atoms with van der Waals surface area (Å²) in [5, 5.41) is 5.66. The molecule has 0 fully saturated rings. The van der Waals surface area contributed by atoms with E-state index in [9.17, 15) is 0 Å². The fourth-order valence-electron chi connectivity index (χ4n) is 3.47. The molecule has 0 spiro atoms. The van der Waals surface area contributed by atoms with Gasteiger partial charge in [0.25, 0.3) is 0 Å². The lowest BCUT2D eigenvalue weighted by Gasteiger charge is -2.17. The van der Waals surface area contributed by atoms with E-state index in [1.54, 1.807) is 0 Å². The largest absolute Gasteiger partial charge is 0.456 e. The molecule has 24 heavy (non-hydrogen) atoms. The zero-order chi connectivity index (χ0) is 17.4. The molecule has 3 heteroatoms. The Morgan fingerprint density at radius 1 is 0.958 bits per heavy atom. The van der Waals surface area contributed by atoms with Gasteiger partial charge in [-0.3, -0.25) is 4.99 Å². The maximum atomic E-state index is 6.34. The standard InChI is InChI=1S/C21H26N2O/c1-7-22-18-11-19-16(9-12(18)3)14(5)17-10-13(4)20(23-8-2)15(6)21(17)24-19/h9-11,22H,7-8H2,1-6H3. The smallest absolute Gasteiger partial charge is 0.140 e. The van der Waals surface area contributed by atoms with Crippen LogP contribution in [0.4, 0.5) is 5.69 Å². The summed E-state index contributed by atoms with van der Waals surface area (Å²) in [6.07, 6.45) is 0. The predicted molar refractivity (Wildman–Crippen MR) is 102 cm³/mol. The summed E-state index contributed by atoms with van der Waals surface area (Å²) in [5.41, 5.74) is 8.09. The van der Waals surface area contributed by atoms with Gasteiger partial charge in [0.1, 0.15) is 11.3 Å². The second kappa shape index (κ2) is 6.31. The van der Waals surface area contributed by atoms with Crippen LogP contribution >= 0.6 is 0 Å². The van der Waals surface area contributed by atoms with Crippen molar-refractivity contribution in [2.45, 2.75) is 41.5 Å². The van der Waals surface area contributed by atoms with Crippen LogP contribution in [0.2, 0.25) is 0 Å². The van der Waals surface area contributed by atoms with Crippen molar-refractivity contribution in [1.29, 1.82) is 0 Å². The van der Waals surface area contributed by atoms with Gasteiger partial charge in [-0.1, -0.05) is 0 Å². The molecule has 2 aliphatic rings. The lowest BCUT2D eigenvalue weighted by atomic mass is 9.94. The molecule has 1 N–H and O–H groups in total. The summed E-state index contributed by atoms with van der Waals surface area (Å²) in [7, 11) is 0. The maximum Gasteiger partial charge on any atom is 0.140 e. The Bertz CT molecular complexity index is 951. The fraction of sp³-hybridized carbons (Fsp3) is 0.381. The summed E-state index contributed by atoms with van der Waals surface area (Å²) < 4.78 is 6.34. The van der Waals surface area contributed by atoms with Crippen molar-refractivity contribution >= 4 is 16.7 Å². The summed E-state index contributed by atoms with van der Waals surface area (Å²) >= 11 is 0. The van der Waals surface area contributed by atoms with Gasteiger partial charge in [0.05, 0.1) is 5.36 Å². The van der Waals surface area contributed by atoms with E-state index in [1.165, 1.54) is 27.6 Å². The van der Waals surface area contributed by atoms with Crippen molar-refractivity contribution < 1.29 is 4.42 Å². The van der Waals surface area contributed by atoms with Crippen LogP contribution in [0.15, 0.2) is 27.6 Å². The average molecular weight is 322 g/mol. The van der Waals surface area contributed by atoms with E-state index >= 15 is 0 Å². The SMILES string of the molecule is CCN=c1c(C)cc2c(C)c3cc(C)c(NCC)cc3oc-2c1C. The highest BCUT2D eigenvalue weighted by molar-refractivity contribution is 5.91. The molecule has 0 radical (unpaired) electrons. The van der Waals surface area contributed by atoms with E-state index in [2.05, 4.69) is 70.1 Å². The summed E-state index contributed by atoms with van der Waals surface area (Å²) in [4.78, 5) is 4.65. The first-order valence-corrected chi connectivity index (χ1v) is 8.70. The van der Waals surface area contributed by atoms with Crippen LogP contribution in [0.5, 0.6) is 0 Å². The molecule has 0 bridgehead atoms. The van der Waals surface area contributed by atoms with Crippen LogP contribution < -0.4 is 10.7 Å². The Balaban J connectivity index is 2.43. The molecule has 126 valence electrons. The summed E-state index contributed by atoms with van der Waals surface area (Å²) in [6, 6.07) is 6.56. The van der Waals surface area contributed by atoms with Crippen molar-refractivity contribution in [3.63, 3.8) is 0 Å². The normalized spacial score (nSPS) is 12.3. The molecular formula is C21H26N2O. The molecule has 3 nitrogen and oxygen atoms in total. The third kappa shape index (κ3) is 2.58. The van der Waals surface area contributed by atoms with Gasteiger partial charge in [0, 0.05) is 41.4 Å². The first-order chi connectivity index (χ1) is 11.5. The van der Waals surface area contributed by atoms with Crippen molar-refractivity contribution in [2.24, 2.45) is 4.99 Å². The number of nitrogens with zero attached hydrogens (tertiary/aromatic N) is 1. The predicted octanol–water partition coefficient (Wildman–Crippen LogP) is 5.12. The number of rotatable bonds is 3. The Kier molecular flexibility index (Phi) is 4.35. The Morgan fingerprint density at radius 2 is 1.71 bits per heavy atom. The molecule has 1 aromatic rings. The minimum Gasteiger partial charge on any atom is -0.456 e. The highest BCUT2D eigenvalue weighted by Gasteiger charge is 2.18.